The molecule has 0 radical (unpaired) electrons. The maximum Gasteiger partial charge on any atom is 0.232 e. The number of nitrogens with zero attached hydrogens (tertiary/aromatic N) is 4. The van der Waals surface area contributed by atoms with E-state index in [-0.39, 0.29) is 12.3 Å². The van der Waals surface area contributed by atoms with Crippen LogP contribution in [0.3, 0.4) is 0 Å². The van der Waals surface area contributed by atoms with Crippen LogP contribution in [0, 0.1) is 0 Å². The van der Waals surface area contributed by atoms with Crippen molar-refractivity contribution in [3.63, 3.8) is 0 Å². The summed E-state index contributed by atoms with van der Waals surface area (Å²) in [5.41, 5.74) is 2.18. The van der Waals surface area contributed by atoms with Crippen LogP contribution in [0.1, 0.15) is 31.0 Å². The van der Waals surface area contributed by atoms with Crippen molar-refractivity contribution in [2.24, 2.45) is 0 Å². The van der Waals surface area contributed by atoms with Gasteiger partial charge in [-0.15, -0.1) is 0 Å². The minimum absolute atomic E-state index is 0.143. The van der Waals surface area contributed by atoms with Gasteiger partial charge in [-0.1, -0.05) is 17.7 Å². The fourth-order valence-corrected chi connectivity index (χ4v) is 3.01. The number of carbonyl (C=O) groups excluding carboxylic acids is 1. The quantitative estimate of drug-likeness (QED) is 0.738. The van der Waals surface area contributed by atoms with Gasteiger partial charge in [0.25, 0.3) is 0 Å². The average Bonchev–Trinajstić information content (AvgIpc) is 2.84. The normalized spacial score (nSPS) is 14.5. The third-order valence-electron chi connectivity index (χ3n) is 4.26. The molecule has 1 fully saturated rings. The van der Waals surface area contributed by atoms with Crippen LogP contribution < -0.4 is 5.32 Å². The zero-order chi connectivity index (χ0) is 16.5. The highest BCUT2D eigenvalue weighted by Crippen LogP contribution is 2.36. The molecule has 0 aliphatic heterocycles. The van der Waals surface area contributed by atoms with Crippen LogP contribution in [0.5, 0.6) is 0 Å². The van der Waals surface area contributed by atoms with E-state index in [0.717, 1.165) is 29.7 Å². The van der Waals surface area contributed by atoms with Crippen LogP contribution in [0.4, 0.5) is 5.95 Å². The number of carbonyl (C=O) groups is 1. The second-order valence-electron chi connectivity index (χ2n) is 5.91. The molecular formula is C17H16ClN5O. The van der Waals surface area contributed by atoms with Gasteiger partial charge < -0.3 is 0 Å². The number of fused-ring (bicyclic) bond motifs is 1. The topological polar surface area (TPSA) is 72.7 Å². The SMILES string of the molecule is O=C(Cc1ccccn1)Nc1nc2ccc(Cl)nc2n1C1CCC1. The Bertz CT molecular complexity index is 889. The first-order chi connectivity index (χ1) is 11.7. The molecule has 1 saturated carbocycles. The van der Waals surface area contributed by atoms with Crippen LogP contribution in [0.25, 0.3) is 11.2 Å². The van der Waals surface area contributed by atoms with Gasteiger partial charge in [0.05, 0.1) is 6.42 Å². The zero-order valence-corrected chi connectivity index (χ0v) is 13.7. The lowest BCUT2D eigenvalue weighted by atomic mass is 9.93. The highest BCUT2D eigenvalue weighted by Gasteiger charge is 2.26. The van der Waals surface area contributed by atoms with Gasteiger partial charge in [-0.05, 0) is 43.5 Å². The van der Waals surface area contributed by atoms with Crippen molar-refractivity contribution >= 4 is 34.6 Å². The van der Waals surface area contributed by atoms with Crippen molar-refractivity contribution < 1.29 is 4.79 Å². The van der Waals surface area contributed by atoms with Gasteiger partial charge in [0.2, 0.25) is 11.9 Å². The number of halogens is 1. The van der Waals surface area contributed by atoms with Gasteiger partial charge in [-0.25, -0.2) is 9.97 Å². The first kappa shape index (κ1) is 15.1. The molecule has 0 saturated heterocycles. The zero-order valence-electron chi connectivity index (χ0n) is 12.9. The molecule has 24 heavy (non-hydrogen) atoms. The molecular weight excluding hydrogens is 326 g/mol. The fraction of sp³-hybridized carbons (Fsp3) is 0.294. The van der Waals surface area contributed by atoms with Gasteiger partial charge in [-0.3, -0.25) is 19.7 Å². The van der Waals surface area contributed by atoms with Gasteiger partial charge >= 0.3 is 0 Å². The molecule has 122 valence electrons. The minimum Gasteiger partial charge on any atom is -0.296 e. The summed E-state index contributed by atoms with van der Waals surface area (Å²) in [7, 11) is 0. The largest absolute Gasteiger partial charge is 0.296 e. The molecule has 0 spiro atoms. The predicted octanol–water partition coefficient (Wildman–Crippen LogP) is 3.39. The van der Waals surface area contributed by atoms with Gasteiger partial charge in [-0.2, -0.15) is 0 Å². The highest BCUT2D eigenvalue weighted by atomic mass is 35.5. The molecule has 4 rings (SSSR count). The number of hydrogen-bond donors (Lipinski definition) is 1. The minimum atomic E-state index is -0.143. The van der Waals surface area contributed by atoms with Crippen LogP contribution in [0.15, 0.2) is 36.5 Å². The van der Waals surface area contributed by atoms with Crippen LogP contribution in [-0.4, -0.2) is 25.4 Å². The average molecular weight is 342 g/mol. The molecule has 1 aliphatic rings. The van der Waals surface area contributed by atoms with E-state index < -0.39 is 0 Å². The number of rotatable bonds is 4. The summed E-state index contributed by atoms with van der Waals surface area (Å²) < 4.78 is 2.00. The molecule has 3 aromatic rings. The molecule has 7 heteroatoms. The third-order valence-corrected chi connectivity index (χ3v) is 4.47. The molecule has 3 heterocycles. The van der Waals surface area contributed by atoms with Crippen molar-refractivity contribution in [3.05, 3.63) is 47.4 Å². The molecule has 0 aromatic carbocycles. The van der Waals surface area contributed by atoms with Crippen molar-refractivity contribution in [1.82, 2.24) is 19.5 Å². The Morgan fingerprint density at radius 3 is 2.83 bits per heavy atom. The Morgan fingerprint density at radius 2 is 2.12 bits per heavy atom. The molecule has 1 aliphatic carbocycles. The lowest BCUT2D eigenvalue weighted by Crippen LogP contribution is -2.23. The molecule has 0 atom stereocenters. The first-order valence-electron chi connectivity index (χ1n) is 7.95. The van der Waals surface area contributed by atoms with E-state index in [1.165, 1.54) is 6.42 Å². The second kappa shape index (κ2) is 6.20. The lowest BCUT2D eigenvalue weighted by molar-refractivity contribution is -0.115. The second-order valence-corrected chi connectivity index (χ2v) is 6.30. The molecule has 1 N–H and O–H groups in total. The first-order valence-corrected chi connectivity index (χ1v) is 8.33. The summed E-state index contributed by atoms with van der Waals surface area (Å²) in [4.78, 5) is 25.5. The summed E-state index contributed by atoms with van der Waals surface area (Å²) in [5.74, 6) is 0.390. The number of amides is 1. The number of imidazole rings is 1. The number of aromatic nitrogens is 4. The number of pyridine rings is 2. The fourth-order valence-electron chi connectivity index (χ4n) is 2.87. The van der Waals surface area contributed by atoms with E-state index in [2.05, 4.69) is 20.3 Å². The number of anilines is 1. The standard InChI is InChI=1S/C17H16ClN5O/c18-14-8-7-13-16(21-14)23(12-5-3-6-12)17(20-13)22-15(24)10-11-4-1-2-9-19-11/h1-2,4,7-9,12H,3,5-6,10H2,(H,20,22,24). The van der Waals surface area contributed by atoms with E-state index in [4.69, 9.17) is 11.6 Å². The smallest absolute Gasteiger partial charge is 0.232 e. The van der Waals surface area contributed by atoms with E-state index >= 15 is 0 Å². The van der Waals surface area contributed by atoms with Gasteiger partial charge in [0.15, 0.2) is 5.65 Å². The Hall–Kier alpha value is -2.47. The predicted molar refractivity (Wildman–Crippen MR) is 92.0 cm³/mol. The van der Waals surface area contributed by atoms with E-state index in [1.54, 1.807) is 12.3 Å². The summed E-state index contributed by atoms with van der Waals surface area (Å²) in [6.07, 6.45) is 5.18. The highest BCUT2D eigenvalue weighted by molar-refractivity contribution is 6.29. The maximum absolute atomic E-state index is 12.4. The summed E-state index contributed by atoms with van der Waals surface area (Å²) in [5, 5.41) is 3.33. The molecule has 1 amide bonds. The van der Waals surface area contributed by atoms with Crippen molar-refractivity contribution in [3.8, 4) is 0 Å². The molecule has 0 unspecified atom stereocenters. The van der Waals surface area contributed by atoms with E-state index in [0.29, 0.717) is 17.1 Å². The van der Waals surface area contributed by atoms with Gasteiger partial charge in [0.1, 0.15) is 10.7 Å². The summed E-state index contributed by atoms with van der Waals surface area (Å²) in [6.45, 7) is 0. The van der Waals surface area contributed by atoms with Crippen LogP contribution in [0.2, 0.25) is 5.15 Å². The van der Waals surface area contributed by atoms with E-state index in [9.17, 15) is 4.79 Å². The third kappa shape index (κ3) is 2.85. The van der Waals surface area contributed by atoms with Gasteiger partial charge in [0, 0.05) is 17.9 Å². The van der Waals surface area contributed by atoms with Crippen LogP contribution in [-0.2, 0) is 11.2 Å². The van der Waals surface area contributed by atoms with E-state index in [1.807, 2.05) is 28.8 Å². The molecule has 6 nitrogen and oxygen atoms in total. The van der Waals surface area contributed by atoms with Crippen LogP contribution >= 0.6 is 11.6 Å². The Balaban J connectivity index is 1.64. The Kier molecular flexibility index (Phi) is 3.90. The number of nitrogens with one attached hydrogen (secondary N) is 1. The monoisotopic (exact) mass is 341 g/mol. The van der Waals surface area contributed by atoms with Crippen molar-refractivity contribution in [1.29, 1.82) is 0 Å². The number of hydrogen-bond acceptors (Lipinski definition) is 4. The lowest BCUT2D eigenvalue weighted by Gasteiger charge is -2.28. The summed E-state index contributed by atoms with van der Waals surface area (Å²) in [6, 6.07) is 9.37. The maximum atomic E-state index is 12.4. The molecule has 0 bridgehead atoms. The summed E-state index contributed by atoms with van der Waals surface area (Å²) >= 11 is 6.03. The Morgan fingerprint density at radius 1 is 1.25 bits per heavy atom. The molecule has 3 aromatic heterocycles. The Labute approximate surface area is 143 Å². The van der Waals surface area contributed by atoms with Crippen molar-refractivity contribution in [2.45, 2.75) is 31.7 Å². The van der Waals surface area contributed by atoms with Crippen molar-refractivity contribution in [2.75, 3.05) is 5.32 Å².